The second-order valence-corrected chi connectivity index (χ2v) is 12.2. The smallest absolute Gasteiger partial charge is 0.219 e. The molecular weight excluding hydrogens is 506 g/mol. The van der Waals surface area contributed by atoms with Gasteiger partial charge in [-0.1, -0.05) is 0 Å². The monoisotopic (exact) mass is 533 g/mol. The first-order valence-electron chi connectivity index (χ1n) is 11.5. The minimum atomic E-state index is -3.56. The molecule has 36 heavy (non-hydrogen) atoms. The lowest BCUT2D eigenvalue weighted by atomic mass is 9.90. The summed E-state index contributed by atoms with van der Waals surface area (Å²) in [5.41, 5.74) is 5.79. The van der Waals surface area contributed by atoms with Crippen molar-refractivity contribution in [1.29, 1.82) is 0 Å². The van der Waals surface area contributed by atoms with Crippen LogP contribution in [0.3, 0.4) is 0 Å². The van der Waals surface area contributed by atoms with E-state index < -0.39 is 20.8 Å². The van der Waals surface area contributed by atoms with Gasteiger partial charge >= 0.3 is 0 Å². The third-order valence-corrected chi connectivity index (χ3v) is 9.19. The van der Waals surface area contributed by atoms with Crippen LogP contribution in [0.15, 0.2) is 18.5 Å². The number of nitrogens with two attached hydrogens (primary N) is 1. The number of aldehydes is 1. The molecule has 5 heterocycles. The van der Waals surface area contributed by atoms with E-state index >= 15 is 0 Å². The summed E-state index contributed by atoms with van der Waals surface area (Å²) in [4.78, 5) is 33.6. The first-order chi connectivity index (χ1) is 17.2. The van der Waals surface area contributed by atoms with Crippen molar-refractivity contribution < 1.29 is 23.1 Å². The highest BCUT2D eigenvalue weighted by molar-refractivity contribution is 7.91. The summed E-state index contributed by atoms with van der Waals surface area (Å²) in [6.45, 7) is 3.07. The molecule has 0 spiro atoms. The van der Waals surface area contributed by atoms with Crippen LogP contribution in [-0.2, 0) is 25.0 Å². The number of thiophene rings is 1. The molecule has 0 aliphatic carbocycles. The van der Waals surface area contributed by atoms with Gasteiger partial charge in [-0.3, -0.25) is 4.90 Å². The summed E-state index contributed by atoms with van der Waals surface area (Å²) in [5.74, 6) is 1.37. The maximum atomic E-state index is 12.0. The number of aromatic nitrogens is 4. The molecule has 1 atom stereocenters. The fourth-order valence-corrected chi connectivity index (χ4v) is 6.78. The van der Waals surface area contributed by atoms with E-state index in [1.165, 1.54) is 11.3 Å². The number of anilines is 2. The van der Waals surface area contributed by atoms with Crippen molar-refractivity contribution in [2.24, 2.45) is 0 Å². The van der Waals surface area contributed by atoms with E-state index in [1.807, 2.05) is 6.07 Å². The first-order valence-corrected chi connectivity index (χ1v) is 14.3. The highest BCUT2D eigenvalue weighted by Crippen LogP contribution is 2.42. The molecule has 0 saturated carbocycles. The van der Waals surface area contributed by atoms with Crippen LogP contribution in [0.2, 0.25) is 0 Å². The van der Waals surface area contributed by atoms with Gasteiger partial charge in [-0.2, -0.15) is 0 Å². The van der Waals surface area contributed by atoms with Crippen LogP contribution < -0.4 is 10.6 Å². The third kappa shape index (κ3) is 4.78. The number of aliphatic hydroxyl groups is 1. The summed E-state index contributed by atoms with van der Waals surface area (Å²) in [5, 5.41) is 10.4. The molecule has 0 bridgehead atoms. The number of sulfone groups is 1. The highest BCUT2D eigenvalue weighted by atomic mass is 32.2. The number of hydrogen-bond donors (Lipinski definition) is 2. The Balaban J connectivity index is 1.51. The van der Waals surface area contributed by atoms with E-state index in [0.717, 1.165) is 21.7 Å². The van der Waals surface area contributed by atoms with Crippen molar-refractivity contribution in [2.45, 2.75) is 23.8 Å². The van der Waals surface area contributed by atoms with Crippen molar-refractivity contribution in [3.8, 4) is 11.4 Å². The van der Waals surface area contributed by atoms with E-state index in [0.29, 0.717) is 62.3 Å². The number of piperidine rings is 1. The van der Waals surface area contributed by atoms with E-state index in [4.69, 9.17) is 20.4 Å². The summed E-state index contributed by atoms with van der Waals surface area (Å²) >= 11 is 1.44. The van der Waals surface area contributed by atoms with Crippen LogP contribution in [0.1, 0.15) is 17.7 Å². The molecule has 0 aromatic carbocycles. The molecule has 3 aromatic rings. The molecule has 3 aromatic heterocycles. The Labute approximate surface area is 212 Å². The summed E-state index contributed by atoms with van der Waals surface area (Å²) in [6.07, 6.45) is 5.24. The molecule has 1 unspecified atom stereocenters. The number of carbonyl (C=O) groups is 1. The quantitative estimate of drug-likeness (QED) is 0.420. The summed E-state index contributed by atoms with van der Waals surface area (Å²) in [7, 11) is -3.56. The zero-order chi connectivity index (χ0) is 25.5. The minimum absolute atomic E-state index is 0.160. The molecule has 0 amide bonds. The zero-order valence-corrected chi connectivity index (χ0v) is 21.3. The Morgan fingerprint density at radius 1 is 1.17 bits per heavy atom. The molecule has 3 N–H and O–H groups in total. The minimum Gasteiger partial charge on any atom is -0.384 e. The standard InChI is InChI=1S/C22H27N7O5S2/c1-36(32,33)17(13-30)28-4-2-22(31,3-5-28)16-10-15-18(35-16)20(29-6-8-34-9-7-29)27-19(26-15)14-11-24-21(23)25-12-14/h10-13,17,31H,2-9H2,1H3,(H2,23,24,25). The number of likely N-dealkylation sites (tertiary alicyclic amines) is 1. The predicted molar refractivity (Wildman–Crippen MR) is 135 cm³/mol. The zero-order valence-electron chi connectivity index (χ0n) is 19.7. The fraction of sp³-hybridized carbons (Fsp3) is 0.500. The Bertz CT molecular complexity index is 1370. The van der Waals surface area contributed by atoms with Crippen LogP contribution >= 0.6 is 11.3 Å². The lowest BCUT2D eigenvalue weighted by Gasteiger charge is -2.39. The molecule has 192 valence electrons. The second-order valence-electron chi connectivity index (χ2n) is 9.05. The van der Waals surface area contributed by atoms with Crippen LogP contribution in [0, 0.1) is 0 Å². The molecule has 2 aliphatic rings. The number of rotatable bonds is 6. The Morgan fingerprint density at radius 3 is 2.44 bits per heavy atom. The van der Waals surface area contributed by atoms with Gasteiger partial charge in [-0.25, -0.2) is 28.4 Å². The van der Waals surface area contributed by atoms with Gasteiger partial charge in [-0.05, 0) is 18.9 Å². The summed E-state index contributed by atoms with van der Waals surface area (Å²) < 4.78 is 30.3. The number of morpholine rings is 1. The second kappa shape index (κ2) is 9.59. The average Bonchev–Trinajstić information content (AvgIpc) is 3.31. The lowest BCUT2D eigenvalue weighted by Crippen LogP contribution is -2.49. The van der Waals surface area contributed by atoms with Crippen molar-refractivity contribution in [3.63, 3.8) is 0 Å². The van der Waals surface area contributed by atoms with Crippen molar-refractivity contribution >= 4 is 49.4 Å². The Morgan fingerprint density at radius 2 is 1.83 bits per heavy atom. The number of nitrogens with zero attached hydrogens (tertiary/aromatic N) is 6. The molecule has 2 saturated heterocycles. The number of fused-ring (bicyclic) bond motifs is 1. The third-order valence-electron chi connectivity index (χ3n) is 6.59. The van der Waals surface area contributed by atoms with Gasteiger partial charge in [0.25, 0.3) is 0 Å². The van der Waals surface area contributed by atoms with Gasteiger partial charge < -0.3 is 25.3 Å². The lowest BCUT2D eigenvalue weighted by molar-refractivity contribution is -0.111. The van der Waals surface area contributed by atoms with E-state index in [2.05, 4.69) is 14.9 Å². The van der Waals surface area contributed by atoms with Gasteiger partial charge in [0.05, 0.1) is 29.0 Å². The van der Waals surface area contributed by atoms with Crippen LogP contribution in [0.4, 0.5) is 11.8 Å². The predicted octanol–water partition coefficient (Wildman–Crippen LogP) is 0.420. The number of nitrogen functional groups attached to an aromatic ring is 1. The van der Waals surface area contributed by atoms with Crippen LogP contribution in [0.5, 0.6) is 0 Å². The van der Waals surface area contributed by atoms with Gasteiger partial charge in [0, 0.05) is 49.7 Å². The number of hydrogen-bond acceptors (Lipinski definition) is 13. The maximum absolute atomic E-state index is 12.0. The molecular formula is C22H27N7O5S2. The van der Waals surface area contributed by atoms with Crippen LogP contribution in [-0.4, -0.2) is 95.7 Å². The number of carbonyl (C=O) groups excluding carboxylic acids is 1. The maximum Gasteiger partial charge on any atom is 0.219 e. The molecule has 5 rings (SSSR count). The van der Waals surface area contributed by atoms with Crippen LogP contribution in [0.25, 0.3) is 21.6 Å². The van der Waals surface area contributed by atoms with E-state index in [1.54, 1.807) is 17.3 Å². The first kappa shape index (κ1) is 24.9. The normalized spacial score (nSPS) is 19.9. The van der Waals surface area contributed by atoms with Crippen molar-refractivity contribution in [1.82, 2.24) is 24.8 Å². The molecule has 2 fully saturated rings. The van der Waals surface area contributed by atoms with Gasteiger partial charge in [0.15, 0.2) is 33.1 Å². The van der Waals surface area contributed by atoms with Gasteiger partial charge in [0.2, 0.25) is 5.95 Å². The molecule has 0 radical (unpaired) electrons. The fourth-order valence-electron chi connectivity index (χ4n) is 4.57. The van der Waals surface area contributed by atoms with Gasteiger partial charge in [0.1, 0.15) is 5.60 Å². The Kier molecular flexibility index (Phi) is 6.63. The molecule has 12 nitrogen and oxygen atoms in total. The van der Waals surface area contributed by atoms with E-state index in [-0.39, 0.29) is 19.0 Å². The highest BCUT2D eigenvalue weighted by Gasteiger charge is 2.40. The topological polar surface area (TPSA) is 165 Å². The molecule has 14 heteroatoms. The van der Waals surface area contributed by atoms with Crippen molar-refractivity contribution in [2.75, 3.05) is 56.3 Å². The molecule has 2 aliphatic heterocycles. The van der Waals surface area contributed by atoms with Gasteiger partial charge in [-0.15, -0.1) is 11.3 Å². The largest absolute Gasteiger partial charge is 0.384 e. The summed E-state index contributed by atoms with van der Waals surface area (Å²) in [6, 6.07) is 1.87. The van der Waals surface area contributed by atoms with E-state index in [9.17, 15) is 18.3 Å². The average molecular weight is 534 g/mol. The number of ether oxygens (including phenoxy) is 1. The SMILES string of the molecule is CS(=O)(=O)C(C=O)N1CCC(O)(c2cc3nc(-c4cnc(N)nc4)nc(N4CCOCC4)c3s2)CC1. The Hall–Kier alpha value is -2.78. The van der Waals surface area contributed by atoms with Crippen molar-refractivity contribution in [3.05, 3.63) is 23.3 Å².